The van der Waals surface area contributed by atoms with Gasteiger partial charge in [-0.2, -0.15) is 0 Å². The molecule has 324 valence electrons. The van der Waals surface area contributed by atoms with Gasteiger partial charge in [-0.05, 0) is 102 Å². The molecule has 4 fully saturated rings. The fourth-order valence-electron chi connectivity index (χ4n) is 10.2. The number of piperidine rings is 1. The van der Waals surface area contributed by atoms with Crippen LogP contribution in [-0.2, 0) is 19.1 Å². The monoisotopic (exact) mass is 840 g/mol. The molecule has 2 saturated heterocycles. The third-order valence-electron chi connectivity index (χ3n) is 13.8. The summed E-state index contributed by atoms with van der Waals surface area (Å²) in [7, 11) is 2.62. The van der Waals surface area contributed by atoms with Gasteiger partial charge in [-0.25, -0.2) is 19.6 Å². The number of amides is 4. The zero-order chi connectivity index (χ0) is 43.4. The zero-order valence-electron chi connectivity index (χ0n) is 36.2. The van der Waals surface area contributed by atoms with Crippen LogP contribution in [0.25, 0.3) is 44.5 Å². The molecule has 4 N–H and O–H groups in total. The second-order valence-corrected chi connectivity index (χ2v) is 18.5. The maximum absolute atomic E-state index is 14.0. The molecule has 2 saturated carbocycles. The van der Waals surface area contributed by atoms with Crippen molar-refractivity contribution in [2.24, 2.45) is 23.2 Å². The van der Waals surface area contributed by atoms with Crippen LogP contribution in [0.15, 0.2) is 72.9 Å². The fourth-order valence-corrected chi connectivity index (χ4v) is 10.2. The van der Waals surface area contributed by atoms with Crippen molar-refractivity contribution in [3.8, 4) is 33.5 Å². The number of carbonyl (C=O) groups is 4. The van der Waals surface area contributed by atoms with Crippen LogP contribution in [0.1, 0.15) is 90.0 Å². The fraction of sp³-hybridized carbons (Fsp3) is 0.458. The summed E-state index contributed by atoms with van der Waals surface area (Å²) >= 11 is 0. The van der Waals surface area contributed by atoms with Crippen LogP contribution < -0.4 is 10.6 Å². The van der Waals surface area contributed by atoms with Gasteiger partial charge in [0, 0.05) is 12.6 Å². The largest absolute Gasteiger partial charge is 0.453 e. The Kier molecular flexibility index (Phi) is 10.8. The summed E-state index contributed by atoms with van der Waals surface area (Å²) < 4.78 is 9.66. The van der Waals surface area contributed by atoms with E-state index in [2.05, 4.69) is 81.3 Å². The first-order valence-corrected chi connectivity index (χ1v) is 21.9. The number of hydrogen-bond acceptors (Lipinski definition) is 8. The highest BCUT2D eigenvalue weighted by Crippen LogP contribution is 2.58. The molecule has 62 heavy (non-hydrogen) atoms. The summed E-state index contributed by atoms with van der Waals surface area (Å²) in [5, 5.41) is 5.52. The normalized spacial score (nSPS) is 22.1. The molecule has 0 unspecified atom stereocenters. The van der Waals surface area contributed by atoms with E-state index >= 15 is 0 Å². The van der Waals surface area contributed by atoms with E-state index in [9.17, 15) is 19.2 Å². The van der Waals surface area contributed by atoms with Crippen LogP contribution >= 0.6 is 0 Å². The number of imidazole rings is 2. The van der Waals surface area contributed by atoms with Crippen molar-refractivity contribution < 1.29 is 28.7 Å². The van der Waals surface area contributed by atoms with Crippen LogP contribution in [0.4, 0.5) is 9.59 Å². The minimum atomic E-state index is -0.685. The molecule has 2 aliphatic heterocycles. The summed E-state index contributed by atoms with van der Waals surface area (Å²) in [6.45, 7) is 8.38. The quantitative estimate of drug-likeness (QED) is 0.103. The average Bonchev–Trinajstić information content (AvgIpc) is 3.88. The van der Waals surface area contributed by atoms with Crippen LogP contribution in [0.2, 0.25) is 0 Å². The molecule has 1 spiro atoms. The van der Waals surface area contributed by atoms with Gasteiger partial charge in [0.05, 0.1) is 49.2 Å². The SMILES string of the molecule is COC(=O)N[C@H](C(=O)N1CC2(CC2)C[C@H]1c1ncc(-c2ccc(-c3ccc(-c4ccc5nc([C@@H]6[C@H]7CC[C@H](C7)N6C(=O)[C@@H](NC(=O)OC)C(C)C)[nH]c5c4)cc3)cc2)[nH]1)C(C)C. The van der Waals surface area contributed by atoms with Crippen LogP contribution in [0, 0.1) is 23.2 Å². The maximum atomic E-state index is 14.0. The van der Waals surface area contributed by atoms with Crippen molar-refractivity contribution in [2.45, 2.75) is 96.4 Å². The van der Waals surface area contributed by atoms with Gasteiger partial charge < -0.3 is 39.9 Å². The summed E-state index contributed by atoms with van der Waals surface area (Å²) in [6.07, 6.45) is 6.57. The van der Waals surface area contributed by atoms with Crippen molar-refractivity contribution in [3.63, 3.8) is 0 Å². The Morgan fingerprint density at radius 2 is 1.32 bits per heavy atom. The second-order valence-electron chi connectivity index (χ2n) is 18.5. The number of nitrogens with one attached hydrogen (secondary N) is 4. The molecule has 2 aromatic heterocycles. The molecule has 4 amide bonds. The van der Waals surface area contributed by atoms with Crippen molar-refractivity contribution in [1.82, 2.24) is 40.4 Å². The van der Waals surface area contributed by atoms with Crippen LogP contribution in [0.3, 0.4) is 0 Å². The highest BCUT2D eigenvalue weighted by molar-refractivity contribution is 5.88. The summed E-state index contributed by atoms with van der Waals surface area (Å²) in [5.74, 6) is 1.45. The molecule has 2 aliphatic carbocycles. The number of rotatable bonds is 11. The van der Waals surface area contributed by atoms with Crippen molar-refractivity contribution >= 4 is 35.0 Å². The average molecular weight is 841 g/mol. The lowest BCUT2D eigenvalue weighted by Gasteiger charge is -2.37. The highest BCUT2D eigenvalue weighted by Gasteiger charge is 2.55. The van der Waals surface area contributed by atoms with Crippen LogP contribution in [0.5, 0.6) is 0 Å². The van der Waals surface area contributed by atoms with Crippen molar-refractivity contribution in [1.29, 1.82) is 0 Å². The highest BCUT2D eigenvalue weighted by atomic mass is 16.5. The minimum Gasteiger partial charge on any atom is -0.453 e. The molecule has 2 bridgehead atoms. The van der Waals surface area contributed by atoms with Gasteiger partial charge in [0.1, 0.15) is 23.7 Å². The first kappa shape index (κ1) is 41.2. The number of H-pyrrole nitrogens is 2. The predicted octanol–water partition coefficient (Wildman–Crippen LogP) is 8.15. The number of carbonyl (C=O) groups excluding carboxylic acids is 4. The number of benzene rings is 3. The third-order valence-corrected chi connectivity index (χ3v) is 13.8. The Hall–Kier alpha value is -6.18. The summed E-state index contributed by atoms with van der Waals surface area (Å²) in [5.41, 5.74) is 8.07. The molecular weight excluding hydrogens is 785 g/mol. The lowest BCUT2D eigenvalue weighted by molar-refractivity contribution is -0.139. The van der Waals surface area contributed by atoms with E-state index in [-0.39, 0.29) is 47.2 Å². The molecule has 14 heteroatoms. The number of aromatic amines is 2. The Labute approximate surface area is 361 Å². The maximum Gasteiger partial charge on any atom is 0.407 e. The van der Waals surface area contributed by atoms with Gasteiger partial charge in [0.15, 0.2) is 0 Å². The number of aromatic nitrogens is 4. The molecule has 6 atom stereocenters. The van der Waals surface area contributed by atoms with E-state index in [0.29, 0.717) is 12.5 Å². The van der Waals surface area contributed by atoms with E-state index in [1.807, 2.05) is 49.8 Å². The number of hydrogen-bond donors (Lipinski definition) is 4. The molecule has 0 radical (unpaired) electrons. The van der Waals surface area contributed by atoms with Gasteiger partial charge >= 0.3 is 12.2 Å². The van der Waals surface area contributed by atoms with E-state index in [1.165, 1.54) is 14.2 Å². The lowest BCUT2D eigenvalue weighted by atomic mass is 9.95. The van der Waals surface area contributed by atoms with Gasteiger partial charge in [-0.1, -0.05) is 82.3 Å². The Morgan fingerprint density at radius 3 is 1.92 bits per heavy atom. The van der Waals surface area contributed by atoms with E-state index in [1.54, 1.807) is 0 Å². The smallest absolute Gasteiger partial charge is 0.407 e. The van der Waals surface area contributed by atoms with Gasteiger partial charge in [-0.15, -0.1) is 0 Å². The molecule has 9 rings (SSSR count). The van der Waals surface area contributed by atoms with E-state index < -0.39 is 24.3 Å². The Bertz CT molecular complexity index is 2490. The predicted molar refractivity (Wildman–Crippen MR) is 234 cm³/mol. The zero-order valence-corrected chi connectivity index (χ0v) is 36.2. The number of nitrogens with zero attached hydrogens (tertiary/aromatic N) is 4. The number of alkyl carbamates (subject to hydrolysis) is 2. The number of methoxy groups -OCH3 is 2. The van der Waals surface area contributed by atoms with Gasteiger partial charge in [-0.3, -0.25) is 9.59 Å². The van der Waals surface area contributed by atoms with E-state index in [4.69, 9.17) is 19.4 Å². The first-order chi connectivity index (χ1) is 29.8. The molecular formula is C48H56N8O6. The third kappa shape index (κ3) is 7.68. The van der Waals surface area contributed by atoms with Gasteiger partial charge in [0.2, 0.25) is 11.8 Å². The Balaban J connectivity index is 0.888. The topological polar surface area (TPSA) is 175 Å². The van der Waals surface area contributed by atoms with Crippen molar-refractivity contribution in [2.75, 3.05) is 20.8 Å². The minimum absolute atomic E-state index is 0.0889. The lowest BCUT2D eigenvalue weighted by Crippen LogP contribution is -2.54. The number of fused-ring (bicyclic) bond motifs is 3. The van der Waals surface area contributed by atoms with Crippen molar-refractivity contribution in [3.05, 3.63) is 84.6 Å². The van der Waals surface area contributed by atoms with E-state index in [0.717, 1.165) is 94.7 Å². The summed E-state index contributed by atoms with van der Waals surface area (Å²) in [4.78, 5) is 72.9. The molecule has 5 aromatic rings. The molecule has 4 aliphatic rings. The molecule has 14 nitrogen and oxygen atoms in total. The number of likely N-dealkylation sites (tertiary alicyclic amines) is 2. The first-order valence-electron chi connectivity index (χ1n) is 21.9. The Morgan fingerprint density at radius 1 is 0.742 bits per heavy atom. The second kappa shape index (κ2) is 16.3. The molecule has 3 aromatic carbocycles. The number of ether oxygens (including phenoxy) is 2. The summed E-state index contributed by atoms with van der Waals surface area (Å²) in [6, 6.07) is 21.5. The van der Waals surface area contributed by atoms with Gasteiger partial charge in [0.25, 0.3) is 0 Å². The molecule has 4 heterocycles. The van der Waals surface area contributed by atoms with Crippen LogP contribution in [-0.4, -0.2) is 92.6 Å². The standard InChI is InChI=1S/C48H56N8O6/c1-26(2)39(53-46(59)61-5)44(57)55-25-48(19-20-48)23-38(55)42-49-24-37(52-42)31-13-11-29(12-14-31)28-7-9-30(10-8-28)32-16-18-35-36(22-32)51-43(50-35)41-33-15-17-34(21-33)56(41)45(58)40(27(3)4)54-47(60)62-6/h7-14,16,18,22,24,26-27,33-34,38-41H,15,17,19-21,23,25H2,1-6H3,(H,49,52)(H,50,51)(H,53,59)(H,54,60)/t33-,34+,38-,39-,40-,41-/m0/s1.